The second-order valence-corrected chi connectivity index (χ2v) is 4.42. The molecule has 17 heavy (non-hydrogen) atoms. The molecule has 0 spiro atoms. The molecule has 86 valence electrons. The summed E-state index contributed by atoms with van der Waals surface area (Å²) in [7, 11) is 0. The first kappa shape index (κ1) is 10.4. The lowest BCUT2D eigenvalue weighted by atomic mass is 9.94. The van der Waals surface area contributed by atoms with Crippen molar-refractivity contribution in [2.75, 3.05) is 0 Å². The molecule has 0 saturated carbocycles. The fourth-order valence-corrected chi connectivity index (χ4v) is 2.53. The average molecular weight is 226 g/mol. The number of aryl methyl sites for hydroxylation is 1. The van der Waals surface area contributed by atoms with Crippen molar-refractivity contribution < 1.29 is 5.11 Å². The Kier molecular flexibility index (Phi) is 2.61. The Morgan fingerprint density at radius 2 is 2.12 bits per heavy atom. The number of hydrogen-bond donors (Lipinski definition) is 1. The predicted molar refractivity (Wildman–Crippen MR) is 64.5 cm³/mol. The van der Waals surface area contributed by atoms with Gasteiger partial charge in [-0.25, -0.2) is 0 Å². The Morgan fingerprint density at radius 1 is 1.24 bits per heavy atom. The smallest absolute Gasteiger partial charge is 0.0888 e. The Labute approximate surface area is 100 Å². The number of nitrogens with zero attached hydrogens (tertiary/aromatic N) is 2. The first-order chi connectivity index (χ1) is 8.36. The Balaban J connectivity index is 1.92. The number of fused-ring (bicyclic) bond motifs is 1. The van der Waals surface area contributed by atoms with Gasteiger partial charge in [-0.2, -0.15) is 0 Å². The molecule has 1 N–H and O–H groups in total. The Hall–Kier alpha value is -1.74. The molecular formula is C14H14N2O. The lowest BCUT2D eigenvalue weighted by Gasteiger charge is -2.18. The largest absolute Gasteiger partial charge is 0.388 e. The number of rotatable bonds is 2. The summed E-state index contributed by atoms with van der Waals surface area (Å²) < 4.78 is 0. The van der Waals surface area contributed by atoms with Gasteiger partial charge in [-0.05, 0) is 36.1 Å². The molecule has 2 heterocycles. The first-order valence-corrected chi connectivity index (χ1v) is 5.88. The van der Waals surface area contributed by atoms with Crippen LogP contribution in [0.3, 0.4) is 0 Å². The molecule has 0 radical (unpaired) electrons. The van der Waals surface area contributed by atoms with Crippen molar-refractivity contribution in [3.05, 3.63) is 59.7 Å². The summed E-state index contributed by atoms with van der Waals surface area (Å²) in [5.74, 6) is 0.107. The zero-order valence-electron chi connectivity index (χ0n) is 9.45. The van der Waals surface area contributed by atoms with E-state index >= 15 is 0 Å². The van der Waals surface area contributed by atoms with E-state index in [0.717, 1.165) is 24.1 Å². The van der Waals surface area contributed by atoms with Crippen LogP contribution in [-0.4, -0.2) is 15.1 Å². The quantitative estimate of drug-likeness (QED) is 0.854. The monoisotopic (exact) mass is 226 g/mol. The van der Waals surface area contributed by atoms with Crippen molar-refractivity contribution in [2.24, 2.45) is 0 Å². The molecule has 1 aliphatic carbocycles. The number of aliphatic hydroxyl groups is 1. The van der Waals surface area contributed by atoms with Crippen molar-refractivity contribution >= 4 is 0 Å². The lowest BCUT2D eigenvalue weighted by molar-refractivity contribution is 0.143. The van der Waals surface area contributed by atoms with Crippen LogP contribution in [0.15, 0.2) is 42.9 Å². The van der Waals surface area contributed by atoms with Gasteiger partial charge in [0.1, 0.15) is 0 Å². The van der Waals surface area contributed by atoms with Crippen molar-refractivity contribution in [1.82, 2.24) is 9.97 Å². The van der Waals surface area contributed by atoms with Gasteiger partial charge in [0.05, 0.1) is 6.10 Å². The van der Waals surface area contributed by atoms with Crippen molar-refractivity contribution in [3.8, 4) is 0 Å². The second-order valence-electron chi connectivity index (χ2n) is 4.42. The summed E-state index contributed by atoms with van der Waals surface area (Å²) in [6, 6.07) is 7.82. The van der Waals surface area contributed by atoms with Crippen LogP contribution in [0.25, 0.3) is 0 Å². The molecule has 2 unspecified atom stereocenters. The van der Waals surface area contributed by atoms with Crippen LogP contribution in [0.1, 0.15) is 35.3 Å². The number of hydrogen-bond acceptors (Lipinski definition) is 3. The van der Waals surface area contributed by atoms with E-state index in [1.165, 1.54) is 5.56 Å². The van der Waals surface area contributed by atoms with Crippen LogP contribution in [0, 0.1) is 0 Å². The van der Waals surface area contributed by atoms with Gasteiger partial charge >= 0.3 is 0 Å². The predicted octanol–water partition coefficient (Wildman–Crippen LogP) is 2.24. The summed E-state index contributed by atoms with van der Waals surface area (Å²) in [4.78, 5) is 8.46. The van der Waals surface area contributed by atoms with Gasteiger partial charge in [-0.3, -0.25) is 9.97 Å². The summed E-state index contributed by atoms with van der Waals surface area (Å²) in [6.45, 7) is 0. The summed E-state index contributed by atoms with van der Waals surface area (Å²) in [5, 5.41) is 10.4. The van der Waals surface area contributed by atoms with Gasteiger partial charge in [-0.1, -0.05) is 12.1 Å². The third kappa shape index (κ3) is 1.83. The molecule has 2 aromatic rings. The molecule has 2 atom stereocenters. The molecule has 0 fully saturated rings. The number of aromatic nitrogens is 2. The maximum absolute atomic E-state index is 10.4. The highest BCUT2D eigenvalue weighted by Crippen LogP contribution is 2.39. The minimum Gasteiger partial charge on any atom is -0.388 e. The Morgan fingerprint density at radius 3 is 2.94 bits per heavy atom. The van der Waals surface area contributed by atoms with Crippen molar-refractivity contribution in [2.45, 2.75) is 24.9 Å². The SMILES string of the molecule is OC(c1cccnc1)C1CCc2cccnc21. The van der Waals surface area contributed by atoms with E-state index in [0.29, 0.717) is 0 Å². The van der Waals surface area contributed by atoms with Gasteiger partial charge in [0.15, 0.2) is 0 Å². The lowest BCUT2D eigenvalue weighted by Crippen LogP contribution is -2.09. The molecule has 0 saturated heterocycles. The van der Waals surface area contributed by atoms with Gasteiger partial charge in [0.2, 0.25) is 0 Å². The van der Waals surface area contributed by atoms with Gasteiger partial charge in [0, 0.05) is 30.2 Å². The van der Waals surface area contributed by atoms with Crippen molar-refractivity contribution in [3.63, 3.8) is 0 Å². The molecule has 3 rings (SSSR count). The van der Waals surface area contributed by atoms with E-state index in [1.54, 1.807) is 18.6 Å². The fraction of sp³-hybridized carbons (Fsp3) is 0.286. The molecule has 3 heteroatoms. The van der Waals surface area contributed by atoms with Gasteiger partial charge < -0.3 is 5.11 Å². The zero-order chi connectivity index (χ0) is 11.7. The van der Waals surface area contributed by atoms with Crippen LogP contribution in [-0.2, 0) is 6.42 Å². The molecule has 0 aromatic carbocycles. The first-order valence-electron chi connectivity index (χ1n) is 5.88. The highest BCUT2D eigenvalue weighted by Gasteiger charge is 2.30. The van der Waals surface area contributed by atoms with Crippen LogP contribution < -0.4 is 0 Å². The zero-order valence-corrected chi connectivity index (χ0v) is 9.45. The number of pyridine rings is 2. The molecule has 1 aliphatic rings. The fourth-order valence-electron chi connectivity index (χ4n) is 2.53. The van der Waals surface area contributed by atoms with Crippen LogP contribution in [0.4, 0.5) is 0 Å². The van der Waals surface area contributed by atoms with Crippen LogP contribution >= 0.6 is 0 Å². The van der Waals surface area contributed by atoms with Crippen LogP contribution in [0.5, 0.6) is 0 Å². The summed E-state index contributed by atoms with van der Waals surface area (Å²) >= 11 is 0. The third-order valence-electron chi connectivity index (χ3n) is 3.41. The third-order valence-corrected chi connectivity index (χ3v) is 3.41. The standard InChI is InChI=1S/C14H14N2O/c17-14(11-4-1-7-15-9-11)12-6-5-10-3-2-8-16-13(10)12/h1-4,7-9,12,14,17H,5-6H2. The van der Waals surface area contributed by atoms with E-state index in [1.807, 2.05) is 18.2 Å². The molecule has 0 bridgehead atoms. The molecule has 0 aliphatic heterocycles. The minimum atomic E-state index is -0.500. The summed E-state index contributed by atoms with van der Waals surface area (Å²) in [6.07, 6.45) is 6.71. The van der Waals surface area contributed by atoms with Gasteiger partial charge in [0.25, 0.3) is 0 Å². The highest BCUT2D eigenvalue weighted by atomic mass is 16.3. The maximum Gasteiger partial charge on any atom is 0.0888 e. The highest BCUT2D eigenvalue weighted by molar-refractivity contribution is 5.31. The van der Waals surface area contributed by atoms with Gasteiger partial charge in [-0.15, -0.1) is 0 Å². The van der Waals surface area contributed by atoms with E-state index in [-0.39, 0.29) is 5.92 Å². The van der Waals surface area contributed by atoms with E-state index in [9.17, 15) is 5.11 Å². The van der Waals surface area contributed by atoms with E-state index in [4.69, 9.17) is 0 Å². The van der Waals surface area contributed by atoms with Crippen molar-refractivity contribution in [1.29, 1.82) is 0 Å². The minimum absolute atomic E-state index is 0.107. The average Bonchev–Trinajstić information content (AvgIpc) is 2.83. The topological polar surface area (TPSA) is 46.0 Å². The molecule has 3 nitrogen and oxygen atoms in total. The second kappa shape index (κ2) is 4.26. The maximum atomic E-state index is 10.4. The number of aliphatic hydroxyl groups excluding tert-OH is 1. The Bertz CT molecular complexity index is 513. The normalized spacial score (nSPS) is 19.9. The van der Waals surface area contributed by atoms with E-state index in [2.05, 4.69) is 16.0 Å². The molecule has 0 amide bonds. The molecule has 2 aromatic heterocycles. The molecular weight excluding hydrogens is 212 g/mol. The van der Waals surface area contributed by atoms with E-state index < -0.39 is 6.10 Å². The van der Waals surface area contributed by atoms with Crippen LogP contribution in [0.2, 0.25) is 0 Å². The summed E-state index contributed by atoms with van der Waals surface area (Å²) in [5.41, 5.74) is 3.18.